The lowest BCUT2D eigenvalue weighted by Crippen LogP contribution is -2.52. The number of carbonyl (C=O) groups excluding carboxylic acids is 1. The van der Waals surface area contributed by atoms with E-state index in [1.54, 1.807) is 4.90 Å². The van der Waals surface area contributed by atoms with Gasteiger partial charge in [0.15, 0.2) is 0 Å². The molecule has 1 amide bonds. The van der Waals surface area contributed by atoms with E-state index < -0.39 is 33.2 Å². The topological polar surface area (TPSA) is 66.5 Å². The highest BCUT2D eigenvalue weighted by atomic mass is 32.2. The molecule has 2 aliphatic rings. The van der Waals surface area contributed by atoms with Gasteiger partial charge in [-0.15, -0.1) is 0 Å². The Bertz CT molecular complexity index is 793. The molecule has 27 heavy (non-hydrogen) atoms. The first-order valence-electron chi connectivity index (χ1n) is 9.15. The Morgan fingerprint density at radius 2 is 1.85 bits per heavy atom. The highest BCUT2D eigenvalue weighted by Gasteiger charge is 2.36. The second-order valence-electron chi connectivity index (χ2n) is 7.19. The fourth-order valence-corrected chi connectivity index (χ4v) is 5.14. The Morgan fingerprint density at radius 1 is 1.15 bits per heavy atom. The summed E-state index contributed by atoms with van der Waals surface area (Å²) in [6.07, 6.45) is 1.58. The van der Waals surface area contributed by atoms with E-state index in [-0.39, 0.29) is 11.9 Å². The van der Waals surface area contributed by atoms with Crippen molar-refractivity contribution in [1.82, 2.24) is 9.62 Å². The third kappa shape index (κ3) is 4.63. The van der Waals surface area contributed by atoms with E-state index in [4.69, 9.17) is 0 Å². The smallest absolute Gasteiger partial charge is 0.338 e. The first-order valence-corrected chi connectivity index (χ1v) is 10.6. The van der Waals surface area contributed by atoms with Crippen molar-refractivity contribution < 1.29 is 26.4 Å². The summed E-state index contributed by atoms with van der Waals surface area (Å²) in [5.74, 6) is 0.152. The number of hydrogen-bond donors (Lipinski definition) is 1. The highest BCUT2D eigenvalue weighted by molar-refractivity contribution is 7.89. The summed E-state index contributed by atoms with van der Waals surface area (Å²) >= 11 is 0. The third-order valence-electron chi connectivity index (χ3n) is 5.45. The molecule has 5 nitrogen and oxygen atoms in total. The number of hydrogen-bond acceptors (Lipinski definition) is 3. The molecule has 2 fully saturated rings. The van der Waals surface area contributed by atoms with E-state index in [1.165, 1.54) is 0 Å². The number of amides is 1. The van der Waals surface area contributed by atoms with E-state index in [0.717, 1.165) is 56.7 Å². The standard InChI is InChI=1S/C18H23F3N2O3S/c19-18(20,21)14-7-3-8-15(11-14)27(25,26)22-12-17(24)23-10-4-6-13-5-1-2-9-16(13)23/h3,7-8,11,13,16,22H,1-2,4-6,9-10,12H2. The Kier molecular flexibility index (Phi) is 5.81. The van der Waals surface area contributed by atoms with Gasteiger partial charge in [0.2, 0.25) is 15.9 Å². The summed E-state index contributed by atoms with van der Waals surface area (Å²) in [6, 6.07) is 3.65. The number of benzene rings is 1. The molecule has 1 N–H and O–H groups in total. The Balaban J connectivity index is 1.67. The Labute approximate surface area is 157 Å². The van der Waals surface area contributed by atoms with Crippen LogP contribution in [-0.2, 0) is 21.0 Å². The van der Waals surface area contributed by atoms with Crippen LogP contribution >= 0.6 is 0 Å². The summed E-state index contributed by atoms with van der Waals surface area (Å²) in [5, 5.41) is 0. The fourth-order valence-electron chi connectivity index (χ4n) is 4.12. The number of sulfonamides is 1. The molecule has 0 aromatic heterocycles. The second-order valence-corrected chi connectivity index (χ2v) is 8.96. The van der Waals surface area contributed by atoms with Gasteiger partial charge in [0.05, 0.1) is 17.0 Å². The van der Waals surface area contributed by atoms with Crippen molar-refractivity contribution in [3.8, 4) is 0 Å². The zero-order valence-electron chi connectivity index (χ0n) is 14.8. The van der Waals surface area contributed by atoms with Gasteiger partial charge in [-0.1, -0.05) is 18.9 Å². The molecular formula is C18H23F3N2O3S. The zero-order chi connectivity index (χ0) is 19.7. The van der Waals surface area contributed by atoms with Gasteiger partial charge in [-0.2, -0.15) is 13.2 Å². The van der Waals surface area contributed by atoms with Gasteiger partial charge < -0.3 is 4.90 Å². The first kappa shape index (κ1) is 20.1. The average molecular weight is 404 g/mol. The summed E-state index contributed by atoms with van der Waals surface area (Å²) < 4.78 is 65.2. The fraction of sp³-hybridized carbons (Fsp3) is 0.611. The molecule has 1 aromatic rings. The van der Waals surface area contributed by atoms with Crippen LogP contribution in [0.25, 0.3) is 0 Å². The minimum atomic E-state index is -4.63. The number of halogens is 3. The summed E-state index contributed by atoms with van der Waals surface area (Å²) in [7, 11) is -4.20. The van der Waals surface area contributed by atoms with E-state index in [2.05, 4.69) is 4.72 Å². The summed E-state index contributed by atoms with van der Waals surface area (Å²) in [4.78, 5) is 13.8. The van der Waals surface area contributed by atoms with Crippen LogP contribution in [0.15, 0.2) is 29.2 Å². The molecule has 1 aromatic carbocycles. The number of rotatable bonds is 4. The molecule has 0 bridgehead atoms. The molecule has 0 spiro atoms. The van der Waals surface area contributed by atoms with Crippen molar-refractivity contribution in [1.29, 1.82) is 0 Å². The van der Waals surface area contributed by atoms with Crippen LogP contribution in [-0.4, -0.2) is 38.4 Å². The van der Waals surface area contributed by atoms with Crippen molar-refractivity contribution in [2.45, 2.75) is 55.6 Å². The largest absolute Gasteiger partial charge is 0.416 e. The Morgan fingerprint density at radius 3 is 2.59 bits per heavy atom. The Hall–Kier alpha value is -1.61. The van der Waals surface area contributed by atoms with Crippen LogP contribution in [0.1, 0.15) is 44.1 Å². The van der Waals surface area contributed by atoms with E-state index in [0.29, 0.717) is 18.5 Å². The molecule has 2 atom stereocenters. The minimum absolute atomic E-state index is 0.151. The van der Waals surface area contributed by atoms with Crippen molar-refractivity contribution in [2.24, 2.45) is 5.92 Å². The van der Waals surface area contributed by atoms with Crippen LogP contribution < -0.4 is 4.72 Å². The number of likely N-dealkylation sites (tertiary alicyclic amines) is 1. The van der Waals surface area contributed by atoms with Crippen molar-refractivity contribution in [3.05, 3.63) is 29.8 Å². The summed E-state index contributed by atoms with van der Waals surface area (Å²) in [5.41, 5.74) is -1.04. The summed E-state index contributed by atoms with van der Waals surface area (Å²) in [6.45, 7) is 0.160. The molecular weight excluding hydrogens is 381 g/mol. The molecule has 1 saturated carbocycles. The number of piperidine rings is 1. The van der Waals surface area contributed by atoms with E-state index >= 15 is 0 Å². The zero-order valence-corrected chi connectivity index (χ0v) is 15.7. The van der Waals surface area contributed by atoms with Gasteiger partial charge in [0.25, 0.3) is 0 Å². The van der Waals surface area contributed by atoms with E-state index in [1.807, 2.05) is 0 Å². The average Bonchev–Trinajstić information content (AvgIpc) is 2.65. The van der Waals surface area contributed by atoms with Gasteiger partial charge in [-0.05, 0) is 49.8 Å². The lowest BCUT2D eigenvalue weighted by atomic mass is 9.78. The lowest BCUT2D eigenvalue weighted by Gasteiger charge is -2.44. The van der Waals surface area contributed by atoms with Gasteiger partial charge in [-0.25, -0.2) is 13.1 Å². The van der Waals surface area contributed by atoms with Crippen LogP contribution in [0.3, 0.4) is 0 Å². The number of nitrogens with zero attached hydrogens (tertiary/aromatic N) is 1. The molecule has 1 aliphatic carbocycles. The molecule has 2 unspecified atom stereocenters. The minimum Gasteiger partial charge on any atom is -0.338 e. The molecule has 1 saturated heterocycles. The van der Waals surface area contributed by atoms with Crippen LogP contribution in [0, 0.1) is 5.92 Å². The maximum Gasteiger partial charge on any atom is 0.416 e. The maximum absolute atomic E-state index is 12.8. The van der Waals surface area contributed by atoms with Gasteiger partial charge in [0, 0.05) is 12.6 Å². The quantitative estimate of drug-likeness (QED) is 0.838. The normalized spacial score (nSPS) is 23.7. The molecule has 1 heterocycles. The number of nitrogens with one attached hydrogen (secondary N) is 1. The van der Waals surface area contributed by atoms with Crippen LogP contribution in [0.2, 0.25) is 0 Å². The lowest BCUT2D eigenvalue weighted by molar-refractivity contribution is -0.138. The maximum atomic E-state index is 12.8. The van der Waals surface area contributed by atoms with Gasteiger partial charge in [-0.3, -0.25) is 4.79 Å². The number of fused-ring (bicyclic) bond motifs is 1. The van der Waals surface area contributed by atoms with Crippen molar-refractivity contribution in [3.63, 3.8) is 0 Å². The van der Waals surface area contributed by atoms with Crippen LogP contribution in [0.4, 0.5) is 13.2 Å². The molecule has 3 rings (SSSR count). The van der Waals surface area contributed by atoms with Gasteiger partial charge in [0.1, 0.15) is 0 Å². The number of carbonyl (C=O) groups is 1. The molecule has 0 radical (unpaired) electrons. The van der Waals surface area contributed by atoms with Crippen molar-refractivity contribution in [2.75, 3.05) is 13.1 Å². The molecule has 150 valence electrons. The first-order chi connectivity index (χ1) is 12.7. The second kappa shape index (κ2) is 7.79. The van der Waals surface area contributed by atoms with E-state index in [9.17, 15) is 26.4 Å². The third-order valence-corrected chi connectivity index (χ3v) is 6.85. The van der Waals surface area contributed by atoms with Crippen molar-refractivity contribution >= 4 is 15.9 Å². The predicted octanol–water partition coefficient (Wildman–Crippen LogP) is 3.16. The molecule has 1 aliphatic heterocycles. The number of alkyl halides is 3. The predicted molar refractivity (Wildman–Crippen MR) is 93.3 cm³/mol. The molecule has 9 heteroatoms. The monoisotopic (exact) mass is 404 g/mol. The highest BCUT2D eigenvalue weighted by Crippen LogP contribution is 2.35. The SMILES string of the molecule is O=C(CNS(=O)(=O)c1cccc(C(F)(F)F)c1)N1CCCC2CCCCC21. The van der Waals surface area contributed by atoms with Crippen LogP contribution in [0.5, 0.6) is 0 Å². The van der Waals surface area contributed by atoms with Gasteiger partial charge >= 0.3 is 6.18 Å².